The number of hydrogen-bond acceptors (Lipinski definition) is 5. The third kappa shape index (κ3) is 2.67. The van der Waals surface area contributed by atoms with E-state index < -0.39 is 9.84 Å². The maximum absolute atomic E-state index is 12.5. The fourth-order valence-corrected chi connectivity index (χ4v) is 4.58. The van der Waals surface area contributed by atoms with E-state index in [4.69, 9.17) is 21.1 Å². The van der Waals surface area contributed by atoms with Crippen LogP contribution >= 0.6 is 11.6 Å². The molecular formula is C13H14ClNO5S. The highest BCUT2D eigenvalue weighted by atomic mass is 35.5. The molecule has 8 heteroatoms. The molecule has 1 saturated heterocycles. The van der Waals surface area contributed by atoms with Crippen LogP contribution in [0.25, 0.3) is 0 Å². The van der Waals surface area contributed by atoms with E-state index in [0.717, 1.165) is 0 Å². The highest BCUT2D eigenvalue weighted by molar-refractivity contribution is 7.91. The normalized spacial score (nSPS) is 22.3. The third-order valence-electron chi connectivity index (χ3n) is 3.75. The smallest absolute Gasteiger partial charge is 0.254 e. The van der Waals surface area contributed by atoms with Gasteiger partial charge in [0, 0.05) is 18.7 Å². The van der Waals surface area contributed by atoms with Gasteiger partial charge in [-0.2, -0.15) is 0 Å². The minimum atomic E-state index is -3.04. The number of carbonyl (C=O) groups is 1. The second-order valence-corrected chi connectivity index (χ2v) is 7.80. The van der Waals surface area contributed by atoms with Crippen molar-refractivity contribution < 1.29 is 22.7 Å². The van der Waals surface area contributed by atoms with Crippen molar-refractivity contribution in [2.75, 3.05) is 25.3 Å². The lowest BCUT2D eigenvalue weighted by atomic mass is 10.1. The molecule has 6 nitrogen and oxygen atoms in total. The molecule has 2 aliphatic heterocycles. The number of sulfone groups is 1. The summed E-state index contributed by atoms with van der Waals surface area (Å²) in [5.41, 5.74) is 0.357. The van der Waals surface area contributed by atoms with E-state index in [2.05, 4.69) is 0 Å². The van der Waals surface area contributed by atoms with Crippen molar-refractivity contribution in [3.63, 3.8) is 0 Å². The largest absolute Gasteiger partial charge is 0.454 e. The Morgan fingerprint density at radius 3 is 2.81 bits per heavy atom. The van der Waals surface area contributed by atoms with Gasteiger partial charge < -0.3 is 14.4 Å². The van der Waals surface area contributed by atoms with Crippen LogP contribution in [0.1, 0.15) is 16.8 Å². The summed E-state index contributed by atoms with van der Waals surface area (Å²) in [4.78, 5) is 13.9. The van der Waals surface area contributed by atoms with E-state index in [1.54, 1.807) is 13.1 Å². The molecule has 0 aliphatic carbocycles. The highest BCUT2D eigenvalue weighted by Gasteiger charge is 2.33. The van der Waals surface area contributed by atoms with Gasteiger partial charge in [0.1, 0.15) is 0 Å². The van der Waals surface area contributed by atoms with Crippen LogP contribution in [0, 0.1) is 0 Å². The van der Waals surface area contributed by atoms with Crippen LogP contribution in [0.15, 0.2) is 12.1 Å². The molecule has 1 aromatic carbocycles. The van der Waals surface area contributed by atoms with Gasteiger partial charge in [-0.15, -0.1) is 0 Å². The van der Waals surface area contributed by atoms with E-state index in [9.17, 15) is 13.2 Å². The first-order chi connectivity index (χ1) is 9.87. The van der Waals surface area contributed by atoms with Crippen LogP contribution < -0.4 is 9.47 Å². The Kier molecular flexibility index (Phi) is 3.49. The van der Waals surface area contributed by atoms with Gasteiger partial charge in [0.15, 0.2) is 21.3 Å². The first-order valence-corrected chi connectivity index (χ1v) is 8.64. The van der Waals surface area contributed by atoms with Crippen molar-refractivity contribution in [3.8, 4) is 11.5 Å². The van der Waals surface area contributed by atoms with Crippen molar-refractivity contribution in [1.29, 1.82) is 0 Å². The summed E-state index contributed by atoms with van der Waals surface area (Å²) in [6.07, 6.45) is 0.461. The zero-order valence-corrected chi connectivity index (χ0v) is 12.9. The molecule has 1 amide bonds. The molecule has 1 fully saturated rings. The van der Waals surface area contributed by atoms with Gasteiger partial charge in [-0.25, -0.2) is 8.42 Å². The summed E-state index contributed by atoms with van der Waals surface area (Å²) in [6, 6.07) is 2.78. The summed E-state index contributed by atoms with van der Waals surface area (Å²) in [5.74, 6) is 0.708. The molecule has 0 N–H and O–H groups in total. The zero-order chi connectivity index (χ0) is 15.2. The lowest BCUT2D eigenvalue weighted by Gasteiger charge is -2.23. The van der Waals surface area contributed by atoms with Crippen LogP contribution in [0.4, 0.5) is 0 Å². The number of hydrogen-bond donors (Lipinski definition) is 0. The SMILES string of the molecule is CN(C(=O)c1cc(Cl)c2c(c1)OCO2)[C@H]1CCS(=O)(=O)C1. The monoisotopic (exact) mass is 331 g/mol. The number of rotatable bonds is 2. The van der Waals surface area contributed by atoms with Crippen molar-refractivity contribution in [2.24, 2.45) is 0 Å². The van der Waals surface area contributed by atoms with E-state index in [-0.39, 0.29) is 30.2 Å². The Labute approximate surface area is 127 Å². The summed E-state index contributed by atoms with van der Waals surface area (Å²) in [6.45, 7) is 0.0728. The number of amides is 1. The molecular weight excluding hydrogens is 318 g/mol. The molecule has 1 aromatic rings. The lowest BCUT2D eigenvalue weighted by Crippen LogP contribution is -2.37. The topological polar surface area (TPSA) is 72.9 Å². The summed E-state index contributed by atoms with van der Waals surface area (Å²) >= 11 is 6.06. The number of fused-ring (bicyclic) bond motifs is 1. The summed E-state index contributed by atoms with van der Waals surface area (Å²) in [7, 11) is -1.44. The molecule has 0 saturated carbocycles. The van der Waals surface area contributed by atoms with E-state index in [1.165, 1.54) is 11.0 Å². The average Bonchev–Trinajstić information content (AvgIpc) is 3.03. The van der Waals surface area contributed by atoms with Crippen LogP contribution in [-0.2, 0) is 9.84 Å². The van der Waals surface area contributed by atoms with Gasteiger partial charge in [0.2, 0.25) is 6.79 Å². The van der Waals surface area contributed by atoms with Crippen LogP contribution in [0.3, 0.4) is 0 Å². The molecule has 2 heterocycles. The van der Waals surface area contributed by atoms with Crippen molar-refractivity contribution >= 4 is 27.3 Å². The fraction of sp³-hybridized carbons (Fsp3) is 0.462. The molecule has 3 rings (SSSR count). The summed E-state index contributed by atoms with van der Waals surface area (Å²) < 4.78 is 33.5. The average molecular weight is 332 g/mol. The zero-order valence-electron chi connectivity index (χ0n) is 11.3. The molecule has 114 valence electrons. The van der Waals surface area contributed by atoms with Gasteiger partial charge in [-0.3, -0.25) is 4.79 Å². The van der Waals surface area contributed by atoms with Gasteiger partial charge in [0.05, 0.1) is 16.5 Å². The van der Waals surface area contributed by atoms with Gasteiger partial charge in [0.25, 0.3) is 5.91 Å². The number of carbonyl (C=O) groups excluding carboxylic acids is 1. The first kappa shape index (κ1) is 14.5. The standard InChI is InChI=1S/C13H14ClNO5S/c1-15(9-2-3-21(17,18)6-9)13(16)8-4-10(14)12-11(5-8)19-7-20-12/h4-5,9H,2-3,6-7H2,1H3/t9-/m0/s1. The maximum atomic E-state index is 12.5. The molecule has 21 heavy (non-hydrogen) atoms. The van der Waals surface area contributed by atoms with Gasteiger partial charge in [-0.1, -0.05) is 11.6 Å². The van der Waals surface area contributed by atoms with Crippen LogP contribution in [-0.4, -0.2) is 50.6 Å². The molecule has 0 aromatic heterocycles. The van der Waals surface area contributed by atoms with Gasteiger partial charge >= 0.3 is 0 Å². The number of ether oxygens (including phenoxy) is 2. The number of nitrogens with zero attached hydrogens (tertiary/aromatic N) is 1. The Balaban J connectivity index is 1.84. The molecule has 1 atom stereocenters. The maximum Gasteiger partial charge on any atom is 0.254 e. The van der Waals surface area contributed by atoms with Crippen LogP contribution in [0.2, 0.25) is 5.02 Å². The Morgan fingerprint density at radius 1 is 1.38 bits per heavy atom. The van der Waals surface area contributed by atoms with Crippen molar-refractivity contribution in [2.45, 2.75) is 12.5 Å². The Bertz CT molecular complexity index is 703. The number of benzene rings is 1. The predicted octanol–water partition coefficient (Wildman–Crippen LogP) is 1.33. The van der Waals surface area contributed by atoms with Crippen molar-refractivity contribution in [3.05, 3.63) is 22.7 Å². The predicted molar refractivity (Wildman–Crippen MR) is 76.7 cm³/mol. The Morgan fingerprint density at radius 2 is 2.14 bits per heavy atom. The molecule has 2 aliphatic rings. The van der Waals surface area contributed by atoms with E-state index in [0.29, 0.717) is 28.5 Å². The van der Waals surface area contributed by atoms with Crippen molar-refractivity contribution in [1.82, 2.24) is 4.90 Å². The second-order valence-electron chi connectivity index (χ2n) is 5.16. The minimum absolute atomic E-state index is 0.00746. The van der Waals surface area contributed by atoms with E-state index in [1.807, 2.05) is 0 Å². The molecule has 0 spiro atoms. The van der Waals surface area contributed by atoms with Gasteiger partial charge in [-0.05, 0) is 18.6 Å². The first-order valence-electron chi connectivity index (χ1n) is 6.44. The number of halogens is 1. The molecule has 0 unspecified atom stereocenters. The second kappa shape index (κ2) is 5.06. The third-order valence-corrected chi connectivity index (χ3v) is 5.78. The molecule has 0 bridgehead atoms. The summed E-state index contributed by atoms with van der Waals surface area (Å²) in [5, 5.41) is 0.306. The Hall–Kier alpha value is -1.47. The van der Waals surface area contributed by atoms with Crippen LogP contribution in [0.5, 0.6) is 11.5 Å². The van der Waals surface area contributed by atoms with E-state index >= 15 is 0 Å². The fourth-order valence-electron chi connectivity index (χ4n) is 2.54. The molecule has 0 radical (unpaired) electrons. The lowest BCUT2D eigenvalue weighted by molar-refractivity contribution is 0.0747. The minimum Gasteiger partial charge on any atom is -0.454 e. The quantitative estimate of drug-likeness (QED) is 0.817. The highest BCUT2D eigenvalue weighted by Crippen LogP contribution is 2.40.